The Kier molecular flexibility index (Phi) is 5.21. The summed E-state index contributed by atoms with van der Waals surface area (Å²) in [4.78, 5) is 37.8. The first-order chi connectivity index (χ1) is 13.1. The molecule has 0 bridgehead atoms. The zero-order valence-corrected chi connectivity index (χ0v) is 17.3. The number of hydrogen-bond donors (Lipinski definition) is 1. The van der Waals surface area contributed by atoms with Crippen LogP contribution in [0.2, 0.25) is 0 Å². The van der Waals surface area contributed by atoms with Gasteiger partial charge in [-0.25, -0.2) is 4.79 Å². The highest BCUT2D eigenvalue weighted by Gasteiger charge is 2.36. The summed E-state index contributed by atoms with van der Waals surface area (Å²) < 4.78 is 1.97. The van der Waals surface area contributed by atoms with Gasteiger partial charge in [0.1, 0.15) is 0 Å². The lowest BCUT2D eigenvalue weighted by molar-refractivity contribution is -0.123. The smallest absolute Gasteiger partial charge is 0.336 e. The van der Waals surface area contributed by atoms with E-state index in [2.05, 4.69) is 0 Å². The fourth-order valence-electron chi connectivity index (χ4n) is 3.47. The monoisotopic (exact) mass is 398 g/mol. The number of rotatable bonds is 4. The Bertz CT molecular complexity index is 1030. The van der Waals surface area contributed by atoms with E-state index in [1.165, 1.54) is 4.90 Å². The van der Waals surface area contributed by atoms with Crippen molar-refractivity contribution in [3.8, 4) is 5.69 Å². The zero-order chi connectivity index (χ0) is 20.7. The third-order valence-corrected chi connectivity index (χ3v) is 5.76. The van der Waals surface area contributed by atoms with Crippen LogP contribution in [0.4, 0.5) is 4.79 Å². The summed E-state index contributed by atoms with van der Waals surface area (Å²) in [5.41, 5.74) is 4.32. The third kappa shape index (κ3) is 3.26. The summed E-state index contributed by atoms with van der Waals surface area (Å²) in [6.07, 6.45) is 1.74. The molecular weight excluding hydrogens is 376 g/mol. The molecule has 6 nitrogen and oxygen atoms in total. The molecule has 0 unspecified atom stereocenters. The molecule has 1 fully saturated rings. The Morgan fingerprint density at radius 1 is 1.18 bits per heavy atom. The highest BCUT2D eigenvalue weighted by atomic mass is 32.2. The molecule has 2 heterocycles. The number of carbonyl (C=O) groups is 3. The maximum absolute atomic E-state index is 12.6. The molecule has 1 aliphatic heterocycles. The second-order valence-electron chi connectivity index (χ2n) is 7.06. The summed E-state index contributed by atoms with van der Waals surface area (Å²) in [6, 6.07) is 6.92. The maximum atomic E-state index is 12.6. The molecule has 7 heteroatoms. The van der Waals surface area contributed by atoms with Gasteiger partial charge in [0.05, 0.1) is 10.5 Å². The van der Waals surface area contributed by atoms with E-state index in [0.29, 0.717) is 10.5 Å². The average Bonchev–Trinajstić information content (AvgIpc) is 3.03. The molecule has 1 aromatic carbocycles. The molecule has 0 saturated carbocycles. The molecule has 0 aliphatic carbocycles. The Morgan fingerprint density at radius 2 is 1.86 bits per heavy atom. The van der Waals surface area contributed by atoms with Crippen LogP contribution in [-0.4, -0.2) is 37.7 Å². The summed E-state index contributed by atoms with van der Waals surface area (Å²) in [7, 11) is 0. The number of aryl methyl sites for hydroxylation is 1. The Balaban J connectivity index is 2.08. The number of benzene rings is 1. The van der Waals surface area contributed by atoms with Gasteiger partial charge in [-0.05, 0) is 81.8 Å². The topological polar surface area (TPSA) is 79.6 Å². The third-order valence-electron chi connectivity index (χ3n) is 4.87. The largest absolute Gasteiger partial charge is 0.478 e. The van der Waals surface area contributed by atoms with Gasteiger partial charge in [0.2, 0.25) is 0 Å². The highest BCUT2D eigenvalue weighted by Crippen LogP contribution is 2.35. The lowest BCUT2D eigenvalue weighted by Gasteiger charge is -2.16. The van der Waals surface area contributed by atoms with Crippen molar-refractivity contribution in [2.24, 2.45) is 0 Å². The van der Waals surface area contributed by atoms with E-state index in [1.807, 2.05) is 44.4 Å². The molecule has 2 aromatic rings. The van der Waals surface area contributed by atoms with Gasteiger partial charge in [0.15, 0.2) is 0 Å². The molecule has 0 radical (unpaired) electrons. The van der Waals surface area contributed by atoms with Crippen LogP contribution in [0, 0.1) is 20.8 Å². The Hall–Kier alpha value is -2.80. The number of carboxylic acid groups (broad SMARTS) is 1. The maximum Gasteiger partial charge on any atom is 0.336 e. The van der Waals surface area contributed by atoms with Crippen LogP contribution in [0.5, 0.6) is 0 Å². The summed E-state index contributed by atoms with van der Waals surface area (Å²) in [6.45, 7) is 9.24. The van der Waals surface area contributed by atoms with Gasteiger partial charge in [0.25, 0.3) is 11.1 Å². The van der Waals surface area contributed by atoms with Gasteiger partial charge in [0, 0.05) is 23.1 Å². The van der Waals surface area contributed by atoms with Crippen molar-refractivity contribution in [3.05, 3.63) is 57.2 Å². The molecule has 1 N–H and O–H groups in total. The SMILES string of the molecule is Cc1c(C(=O)O)cccc1-n1c(C)cc(/C=C2/SC(=O)N(C(C)C)C2=O)c1C. The molecule has 1 saturated heterocycles. The molecule has 1 aliphatic rings. The molecule has 0 spiro atoms. The van der Waals surface area contributed by atoms with Crippen molar-refractivity contribution in [1.82, 2.24) is 9.47 Å². The van der Waals surface area contributed by atoms with Crippen molar-refractivity contribution >= 4 is 35.0 Å². The first-order valence-electron chi connectivity index (χ1n) is 8.92. The van der Waals surface area contributed by atoms with Crippen LogP contribution in [-0.2, 0) is 4.79 Å². The number of aromatic carboxylic acids is 1. The average molecular weight is 398 g/mol. The molecule has 1 aromatic heterocycles. The lowest BCUT2D eigenvalue weighted by atomic mass is 10.1. The molecule has 2 amide bonds. The van der Waals surface area contributed by atoms with E-state index in [9.17, 15) is 19.5 Å². The number of carboxylic acids is 1. The number of nitrogens with zero attached hydrogens (tertiary/aromatic N) is 2. The van der Waals surface area contributed by atoms with Crippen LogP contribution >= 0.6 is 11.8 Å². The van der Waals surface area contributed by atoms with Crippen LogP contribution in [0.25, 0.3) is 11.8 Å². The number of thioether (sulfide) groups is 1. The predicted octanol–water partition coefficient (Wildman–Crippen LogP) is 4.55. The van der Waals surface area contributed by atoms with Gasteiger partial charge >= 0.3 is 5.97 Å². The van der Waals surface area contributed by atoms with Gasteiger partial charge in [-0.1, -0.05) is 6.07 Å². The molecule has 28 heavy (non-hydrogen) atoms. The molecule has 0 atom stereocenters. The minimum atomic E-state index is -0.968. The summed E-state index contributed by atoms with van der Waals surface area (Å²) >= 11 is 0.946. The zero-order valence-electron chi connectivity index (χ0n) is 16.4. The minimum Gasteiger partial charge on any atom is -0.478 e. The number of carbonyl (C=O) groups excluding carboxylic acids is 2. The predicted molar refractivity (Wildman–Crippen MR) is 110 cm³/mol. The molecule has 3 rings (SSSR count). The first kappa shape index (κ1) is 19.9. The van der Waals surface area contributed by atoms with E-state index in [-0.39, 0.29) is 22.8 Å². The number of imide groups is 1. The standard InChI is InChI=1S/C21H22N2O4S/c1-11(2)22-19(24)18(28-21(22)27)10-15-9-12(3)23(14(15)5)17-8-6-7-16(13(17)4)20(25)26/h6-11H,1-5H3,(H,25,26)/b18-10+. The second-order valence-corrected chi connectivity index (χ2v) is 8.06. The molecule has 146 valence electrons. The van der Waals surface area contributed by atoms with Gasteiger partial charge in [-0.3, -0.25) is 14.5 Å². The van der Waals surface area contributed by atoms with Crippen LogP contribution in [0.3, 0.4) is 0 Å². The van der Waals surface area contributed by atoms with Crippen LogP contribution < -0.4 is 0 Å². The lowest BCUT2D eigenvalue weighted by Crippen LogP contribution is -2.34. The van der Waals surface area contributed by atoms with E-state index in [0.717, 1.165) is 34.4 Å². The summed E-state index contributed by atoms with van der Waals surface area (Å²) in [5, 5.41) is 9.14. The number of hydrogen-bond acceptors (Lipinski definition) is 4. The fraction of sp³-hybridized carbons (Fsp3) is 0.286. The van der Waals surface area contributed by atoms with Crippen molar-refractivity contribution < 1.29 is 19.5 Å². The van der Waals surface area contributed by atoms with Crippen LogP contribution in [0.15, 0.2) is 29.2 Å². The minimum absolute atomic E-state index is 0.188. The Morgan fingerprint density at radius 3 is 2.43 bits per heavy atom. The van der Waals surface area contributed by atoms with Crippen molar-refractivity contribution in [2.75, 3.05) is 0 Å². The van der Waals surface area contributed by atoms with Crippen molar-refractivity contribution in [3.63, 3.8) is 0 Å². The van der Waals surface area contributed by atoms with Gasteiger partial charge in [-0.2, -0.15) is 0 Å². The highest BCUT2D eigenvalue weighted by molar-refractivity contribution is 8.18. The number of aromatic nitrogens is 1. The fourth-order valence-corrected chi connectivity index (χ4v) is 4.42. The second kappa shape index (κ2) is 7.31. The van der Waals surface area contributed by atoms with E-state index in [1.54, 1.807) is 25.1 Å². The van der Waals surface area contributed by atoms with Gasteiger partial charge in [-0.15, -0.1) is 0 Å². The van der Waals surface area contributed by atoms with Crippen molar-refractivity contribution in [2.45, 2.75) is 40.7 Å². The van der Waals surface area contributed by atoms with E-state index >= 15 is 0 Å². The number of amides is 2. The first-order valence-corrected chi connectivity index (χ1v) is 9.74. The van der Waals surface area contributed by atoms with Crippen LogP contribution in [0.1, 0.15) is 46.7 Å². The molecular formula is C21H22N2O4S. The normalized spacial score (nSPS) is 15.9. The van der Waals surface area contributed by atoms with Crippen molar-refractivity contribution in [1.29, 1.82) is 0 Å². The van der Waals surface area contributed by atoms with Gasteiger partial charge < -0.3 is 9.67 Å². The Labute approximate surface area is 167 Å². The quantitative estimate of drug-likeness (QED) is 0.765. The van der Waals surface area contributed by atoms with E-state index in [4.69, 9.17) is 0 Å². The summed E-state index contributed by atoms with van der Waals surface area (Å²) in [5.74, 6) is -1.25. The van der Waals surface area contributed by atoms with E-state index < -0.39 is 5.97 Å².